The summed E-state index contributed by atoms with van der Waals surface area (Å²) < 4.78 is 26.4. The van der Waals surface area contributed by atoms with Crippen molar-refractivity contribution >= 4 is 46.9 Å². The zero-order chi connectivity index (χ0) is 30.5. The predicted molar refractivity (Wildman–Crippen MR) is 176 cm³/mol. The molecule has 8 nitrogen and oxygen atoms in total. The highest BCUT2D eigenvalue weighted by Gasteiger charge is 2.37. The Bertz CT molecular complexity index is 1900. The third-order valence-electron chi connectivity index (χ3n) is 8.04. The lowest BCUT2D eigenvalue weighted by Crippen LogP contribution is -2.40. The Hall–Kier alpha value is -3.51. The minimum atomic E-state index is -1.86. The molecule has 0 saturated heterocycles. The van der Waals surface area contributed by atoms with Gasteiger partial charge in [0.15, 0.2) is 14.1 Å². The van der Waals surface area contributed by atoms with Crippen molar-refractivity contribution in [1.82, 2.24) is 19.6 Å². The highest BCUT2D eigenvalue weighted by Crippen LogP contribution is 2.39. The number of rotatable bonds is 9. The lowest BCUT2D eigenvalue weighted by Gasteiger charge is -2.36. The monoisotopic (exact) mass is 632 g/mol. The maximum Gasteiger partial charge on any atom is 0.212 e. The highest BCUT2D eigenvalue weighted by atomic mass is 32.1. The summed E-state index contributed by atoms with van der Waals surface area (Å²) in [6.07, 6.45) is 1.88. The molecule has 0 fully saturated rings. The molecule has 0 amide bonds. The normalized spacial score (nSPS) is 12.5. The number of hydrogen-bond acceptors (Lipinski definition) is 9. The van der Waals surface area contributed by atoms with Crippen LogP contribution in [-0.4, -0.2) is 35.0 Å². The Balaban J connectivity index is 1.22. The van der Waals surface area contributed by atoms with Gasteiger partial charge in [-0.3, -0.25) is 0 Å². The van der Waals surface area contributed by atoms with Crippen LogP contribution in [0.2, 0.25) is 18.1 Å². The molecule has 0 atom stereocenters. The number of furan rings is 1. The summed E-state index contributed by atoms with van der Waals surface area (Å²) in [5.74, 6) is 1.99. The van der Waals surface area contributed by atoms with Crippen LogP contribution in [0.4, 0.5) is 0 Å². The SMILES string of the molecule is COc1cc(OCc2cccc(-c3nc(CO[Si](C)(C)C(C)(C)C)c(C)s3)c2)c2cc(-c3cn4nc(C)sc4n3)oc2c1. The molecule has 6 aromatic rings. The maximum absolute atomic E-state index is 6.46. The second-order valence-electron chi connectivity index (χ2n) is 12.2. The van der Waals surface area contributed by atoms with Gasteiger partial charge in [-0.1, -0.05) is 50.3 Å². The van der Waals surface area contributed by atoms with Gasteiger partial charge < -0.3 is 18.3 Å². The first kappa shape index (κ1) is 29.6. The number of imidazole rings is 1. The fourth-order valence-electron chi connectivity index (χ4n) is 4.47. The number of methoxy groups -OCH3 is 1. The summed E-state index contributed by atoms with van der Waals surface area (Å²) in [6, 6.07) is 14.1. The molecule has 0 aliphatic carbocycles. The van der Waals surface area contributed by atoms with E-state index in [0.717, 1.165) is 42.9 Å². The van der Waals surface area contributed by atoms with Gasteiger partial charge in [0.25, 0.3) is 0 Å². The van der Waals surface area contributed by atoms with Crippen LogP contribution in [0.3, 0.4) is 0 Å². The minimum Gasteiger partial charge on any atom is -0.496 e. The molecule has 0 spiro atoms. The number of nitrogens with zero attached hydrogens (tertiary/aromatic N) is 4. The van der Waals surface area contributed by atoms with Crippen LogP contribution < -0.4 is 9.47 Å². The Morgan fingerprint density at radius 2 is 1.81 bits per heavy atom. The number of benzene rings is 2. The van der Waals surface area contributed by atoms with Crippen molar-refractivity contribution in [3.05, 3.63) is 69.8 Å². The molecule has 4 aromatic heterocycles. The van der Waals surface area contributed by atoms with Gasteiger partial charge in [-0.15, -0.1) is 11.3 Å². The van der Waals surface area contributed by atoms with E-state index in [1.54, 1.807) is 34.3 Å². The number of ether oxygens (including phenoxy) is 2. The highest BCUT2D eigenvalue weighted by molar-refractivity contribution is 7.16. The standard InChI is InChI=1S/C32H36N4O4S2Si/c1-19-26(18-39-43(7,8)32(3,4)5)33-30(41-19)22-11-9-10-21(12-22)17-38-27-13-23(37-6)14-28-24(27)15-29(40-28)25-16-36-31(34-25)42-20(2)35-36/h9-16H,17-18H2,1-8H3. The van der Waals surface area contributed by atoms with E-state index in [-0.39, 0.29) is 5.04 Å². The van der Waals surface area contributed by atoms with E-state index in [9.17, 15) is 0 Å². The number of aromatic nitrogens is 4. The smallest absolute Gasteiger partial charge is 0.212 e. The molecule has 0 saturated carbocycles. The molecular weight excluding hydrogens is 597 g/mol. The molecule has 2 aromatic carbocycles. The van der Waals surface area contributed by atoms with Crippen molar-refractivity contribution in [2.24, 2.45) is 0 Å². The fourth-order valence-corrected chi connectivity index (χ4v) is 7.04. The van der Waals surface area contributed by atoms with Gasteiger partial charge in [0, 0.05) is 22.6 Å². The first-order valence-electron chi connectivity index (χ1n) is 14.2. The van der Waals surface area contributed by atoms with Crippen LogP contribution in [0.5, 0.6) is 11.5 Å². The zero-order valence-electron chi connectivity index (χ0n) is 25.8. The summed E-state index contributed by atoms with van der Waals surface area (Å²) in [5.41, 5.74) is 4.52. The molecule has 224 valence electrons. The Morgan fingerprint density at radius 3 is 2.56 bits per heavy atom. The van der Waals surface area contributed by atoms with E-state index in [1.165, 1.54) is 4.88 Å². The van der Waals surface area contributed by atoms with Crippen LogP contribution in [0, 0.1) is 13.8 Å². The topological polar surface area (TPSA) is 83.9 Å². The summed E-state index contributed by atoms with van der Waals surface area (Å²) in [4.78, 5) is 11.7. The summed E-state index contributed by atoms with van der Waals surface area (Å²) in [7, 11) is -0.222. The largest absolute Gasteiger partial charge is 0.496 e. The molecule has 0 N–H and O–H groups in total. The molecule has 0 aliphatic heterocycles. The van der Waals surface area contributed by atoms with Crippen LogP contribution in [0.15, 0.2) is 53.1 Å². The second-order valence-corrected chi connectivity index (χ2v) is 19.4. The van der Waals surface area contributed by atoms with E-state index in [4.69, 9.17) is 23.3 Å². The van der Waals surface area contributed by atoms with Crippen molar-refractivity contribution in [3.63, 3.8) is 0 Å². The number of hydrogen-bond donors (Lipinski definition) is 0. The number of fused-ring (bicyclic) bond motifs is 2. The van der Waals surface area contributed by atoms with E-state index in [1.807, 2.05) is 37.4 Å². The Morgan fingerprint density at radius 1 is 1.00 bits per heavy atom. The Kier molecular flexibility index (Phi) is 7.70. The first-order chi connectivity index (χ1) is 20.4. The summed E-state index contributed by atoms with van der Waals surface area (Å²) >= 11 is 3.24. The van der Waals surface area contributed by atoms with Gasteiger partial charge in [0.2, 0.25) is 4.96 Å². The lowest BCUT2D eigenvalue weighted by atomic mass is 10.1. The first-order valence-corrected chi connectivity index (χ1v) is 18.7. The van der Waals surface area contributed by atoms with Gasteiger partial charge in [-0.2, -0.15) is 5.10 Å². The van der Waals surface area contributed by atoms with Crippen LogP contribution in [-0.2, 0) is 17.6 Å². The van der Waals surface area contributed by atoms with Crippen LogP contribution in [0.25, 0.3) is 38.0 Å². The molecule has 43 heavy (non-hydrogen) atoms. The van der Waals surface area contributed by atoms with E-state index >= 15 is 0 Å². The fraction of sp³-hybridized carbons (Fsp3) is 0.344. The number of aryl methyl sites for hydroxylation is 2. The molecule has 0 aliphatic rings. The van der Waals surface area contributed by atoms with Crippen molar-refractivity contribution in [2.45, 2.75) is 66.0 Å². The van der Waals surface area contributed by atoms with Crippen LogP contribution in [0.1, 0.15) is 41.9 Å². The lowest BCUT2D eigenvalue weighted by molar-refractivity contribution is 0.272. The average molecular weight is 633 g/mol. The molecule has 0 radical (unpaired) electrons. The van der Waals surface area contributed by atoms with Gasteiger partial charge >= 0.3 is 0 Å². The van der Waals surface area contributed by atoms with Crippen molar-refractivity contribution in [3.8, 4) is 33.5 Å². The van der Waals surface area contributed by atoms with Gasteiger partial charge in [0.1, 0.15) is 39.4 Å². The quantitative estimate of drug-likeness (QED) is 0.147. The van der Waals surface area contributed by atoms with Crippen molar-refractivity contribution in [1.29, 1.82) is 0 Å². The molecule has 0 bridgehead atoms. The number of thiazole rings is 1. The predicted octanol–water partition coefficient (Wildman–Crippen LogP) is 9.05. The van der Waals surface area contributed by atoms with Crippen molar-refractivity contribution < 1.29 is 18.3 Å². The average Bonchev–Trinajstić information content (AvgIpc) is 3.72. The summed E-state index contributed by atoms with van der Waals surface area (Å²) in [6.45, 7) is 16.3. The third-order valence-corrected chi connectivity index (χ3v) is 14.4. The van der Waals surface area contributed by atoms with E-state index in [2.05, 4.69) is 69.1 Å². The third kappa shape index (κ3) is 5.99. The van der Waals surface area contributed by atoms with E-state index < -0.39 is 8.32 Å². The molecule has 4 heterocycles. The molecule has 6 rings (SSSR count). The summed E-state index contributed by atoms with van der Waals surface area (Å²) in [5, 5.41) is 7.43. The zero-order valence-corrected chi connectivity index (χ0v) is 28.4. The van der Waals surface area contributed by atoms with Crippen LogP contribution >= 0.6 is 22.7 Å². The second kappa shape index (κ2) is 11.2. The molecule has 0 unspecified atom stereocenters. The molecular formula is C32H36N4O4S2Si. The van der Waals surface area contributed by atoms with Crippen molar-refractivity contribution in [2.75, 3.05) is 7.11 Å². The van der Waals surface area contributed by atoms with Gasteiger partial charge in [-0.25, -0.2) is 14.5 Å². The van der Waals surface area contributed by atoms with Gasteiger partial charge in [-0.05, 0) is 49.7 Å². The maximum atomic E-state index is 6.46. The van der Waals surface area contributed by atoms with Gasteiger partial charge in [0.05, 0.1) is 31.0 Å². The Labute approximate surface area is 260 Å². The van der Waals surface area contributed by atoms with E-state index in [0.29, 0.717) is 36.1 Å². The minimum absolute atomic E-state index is 0.160. The molecule has 11 heteroatoms.